The van der Waals surface area contributed by atoms with E-state index in [2.05, 4.69) is 23.8 Å². The number of aromatic nitrogens is 2. The third-order valence-corrected chi connectivity index (χ3v) is 1.82. The van der Waals surface area contributed by atoms with Gasteiger partial charge in [-0.05, 0) is 0 Å². The van der Waals surface area contributed by atoms with Gasteiger partial charge in [-0.2, -0.15) is 0 Å². The highest BCUT2D eigenvalue weighted by Gasteiger charge is 2.00. The number of nitrogens with one attached hydrogen (secondary N) is 1. The topological polar surface area (TPSA) is 54.7 Å². The highest BCUT2D eigenvalue weighted by Crippen LogP contribution is 2.19. The van der Waals surface area contributed by atoms with Gasteiger partial charge in [0.15, 0.2) is 5.16 Å². The van der Waals surface area contributed by atoms with E-state index in [1.54, 1.807) is 18.0 Å². The molecule has 0 saturated carbocycles. The molecule has 0 aliphatic heterocycles. The molecule has 3 N–H and O–H groups in total. The summed E-state index contributed by atoms with van der Waals surface area (Å²) in [6, 6.07) is 0. The molecule has 3 nitrogen and oxygen atoms in total. The van der Waals surface area contributed by atoms with Crippen LogP contribution in [0.15, 0.2) is 11.4 Å². The van der Waals surface area contributed by atoms with Gasteiger partial charge in [0.1, 0.15) is 5.82 Å². The highest BCUT2D eigenvalue weighted by atomic mass is 32.2. The van der Waals surface area contributed by atoms with Gasteiger partial charge in [0.05, 0.1) is 6.20 Å². The summed E-state index contributed by atoms with van der Waals surface area (Å²) in [4.78, 5) is 6.98. The van der Waals surface area contributed by atoms with Gasteiger partial charge in [-0.3, -0.25) is 0 Å². The maximum atomic E-state index is 5.42. The summed E-state index contributed by atoms with van der Waals surface area (Å²) in [5, 5.41) is 1.44. The molecule has 0 aromatic carbocycles. The molecule has 0 radical (unpaired) electrons. The maximum absolute atomic E-state index is 5.42. The Bertz CT molecular complexity index is 207. The van der Waals surface area contributed by atoms with Crippen LogP contribution in [0.5, 0.6) is 0 Å². The average molecular weight is 157 g/mol. The SMILES string of the molecule is CC(C)Sc1ncc(N)[nH]1. The minimum atomic E-state index is 0.547. The van der Waals surface area contributed by atoms with E-state index in [9.17, 15) is 0 Å². The van der Waals surface area contributed by atoms with Gasteiger partial charge in [-0.1, -0.05) is 25.6 Å². The van der Waals surface area contributed by atoms with E-state index < -0.39 is 0 Å². The zero-order valence-electron chi connectivity index (χ0n) is 6.09. The fraction of sp³-hybridized carbons (Fsp3) is 0.500. The maximum Gasteiger partial charge on any atom is 0.167 e. The Balaban J connectivity index is 2.58. The molecule has 1 heterocycles. The summed E-state index contributed by atoms with van der Waals surface area (Å²) in [5.41, 5.74) is 5.42. The van der Waals surface area contributed by atoms with E-state index in [4.69, 9.17) is 5.73 Å². The molecule has 1 aromatic rings. The van der Waals surface area contributed by atoms with Crippen LogP contribution in [-0.4, -0.2) is 15.2 Å². The second kappa shape index (κ2) is 2.96. The minimum absolute atomic E-state index is 0.547. The van der Waals surface area contributed by atoms with Crippen molar-refractivity contribution in [3.8, 4) is 0 Å². The van der Waals surface area contributed by atoms with E-state index in [-0.39, 0.29) is 0 Å². The molecule has 0 fully saturated rings. The molecular formula is C6H11N3S. The number of thioether (sulfide) groups is 1. The van der Waals surface area contributed by atoms with E-state index >= 15 is 0 Å². The number of hydrogen-bond donors (Lipinski definition) is 2. The number of aromatic amines is 1. The lowest BCUT2D eigenvalue weighted by Gasteiger charge is -1.98. The smallest absolute Gasteiger partial charge is 0.167 e. The first kappa shape index (κ1) is 7.47. The minimum Gasteiger partial charge on any atom is -0.384 e. The van der Waals surface area contributed by atoms with Crippen molar-refractivity contribution in [2.24, 2.45) is 0 Å². The van der Waals surface area contributed by atoms with Crippen LogP contribution >= 0.6 is 11.8 Å². The third kappa shape index (κ3) is 1.95. The second-order valence-electron chi connectivity index (χ2n) is 2.31. The Morgan fingerprint density at radius 3 is 2.80 bits per heavy atom. The number of nitrogen functional groups attached to an aromatic ring is 1. The highest BCUT2D eigenvalue weighted by molar-refractivity contribution is 7.99. The zero-order valence-corrected chi connectivity index (χ0v) is 6.90. The molecule has 10 heavy (non-hydrogen) atoms. The predicted molar refractivity (Wildman–Crippen MR) is 44.0 cm³/mol. The van der Waals surface area contributed by atoms with Gasteiger partial charge < -0.3 is 10.7 Å². The molecule has 0 spiro atoms. The van der Waals surface area contributed by atoms with Crippen molar-refractivity contribution in [3.05, 3.63) is 6.20 Å². The van der Waals surface area contributed by atoms with Crippen LogP contribution in [0.2, 0.25) is 0 Å². The summed E-state index contributed by atoms with van der Waals surface area (Å²) >= 11 is 1.67. The normalized spacial score (nSPS) is 10.7. The zero-order chi connectivity index (χ0) is 7.56. The van der Waals surface area contributed by atoms with Gasteiger partial charge in [-0.15, -0.1) is 0 Å². The number of hydrogen-bond acceptors (Lipinski definition) is 3. The summed E-state index contributed by atoms with van der Waals surface area (Å²) in [6.45, 7) is 4.23. The van der Waals surface area contributed by atoms with E-state index in [0.717, 1.165) is 5.16 Å². The van der Waals surface area contributed by atoms with E-state index in [1.807, 2.05) is 0 Å². The van der Waals surface area contributed by atoms with Crippen LogP contribution in [0.1, 0.15) is 13.8 Å². The molecule has 0 unspecified atom stereocenters. The number of imidazole rings is 1. The van der Waals surface area contributed by atoms with Crippen molar-refractivity contribution in [1.29, 1.82) is 0 Å². The molecule has 0 atom stereocenters. The average Bonchev–Trinajstić information content (AvgIpc) is 2.13. The van der Waals surface area contributed by atoms with Crippen LogP contribution in [0.3, 0.4) is 0 Å². The van der Waals surface area contributed by atoms with Crippen LogP contribution in [0, 0.1) is 0 Å². The molecule has 0 amide bonds. The number of anilines is 1. The van der Waals surface area contributed by atoms with Gasteiger partial charge in [-0.25, -0.2) is 4.98 Å². The molecule has 1 aromatic heterocycles. The summed E-state index contributed by atoms with van der Waals surface area (Å²) in [6.07, 6.45) is 1.63. The van der Waals surface area contributed by atoms with Crippen molar-refractivity contribution < 1.29 is 0 Å². The summed E-state index contributed by atoms with van der Waals surface area (Å²) < 4.78 is 0. The number of rotatable bonds is 2. The number of nitrogens with two attached hydrogens (primary N) is 1. The summed E-state index contributed by atoms with van der Waals surface area (Å²) in [5.74, 6) is 0.628. The van der Waals surface area contributed by atoms with Crippen molar-refractivity contribution in [3.63, 3.8) is 0 Å². The standard InChI is InChI=1S/C6H11N3S/c1-4(2)10-6-8-3-5(7)9-6/h3-4H,7H2,1-2H3,(H,8,9). The fourth-order valence-electron chi connectivity index (χ4n) is 0.599. The largest absolute Gasteiger partial charge is 0.384 e. The quantitative estimate of drug-likeness (QED) is 0.639. The molecule has 1 rings (SSSR count). The van der Waals surface area contributed by atoms with Crippen molar-refractivity contribution in [1.82, 2.24) is 9.97 Å². The Morgan fingerprint density at radius 1 is 1.70 bits per heavy atom. The van der Waals surface area contributed by atoms with Crippen molar-refractivity contribution in [2.75, 3.05) is 5.73 Å². The van der Waals surface area contributed by atoms with Gasteiger partial charge >= 0.3 is 0 Å². The Hall–Kier alpha value is -0.640. The Kier molecular flexibility index (Phi) is 2.21. The second-order valence-corrected chi connectivity index (χ2v) is 3.88. The van der Waals surface area contributed by atoms with Crippen LogP contribution in [0.4, 0.5) is 5.82 Å². The van der Waals surface area contributed by atoms with Gasteiger partial charge in [0.25, 0.3) is 0 Å². The Labute approximate surface area is 64.4 Å². The van der Waals surface area contributed by atoms with Crippen LogP contribution in [0.25, 0.3) is 0 Å². The fourth-order valence-corrected chi connectivity index (χ4v) is 1.34. The lowest BCUT2D eigenvalue weighted by atomic mass is 10.6. The van der Waals surface area contributed by atoms with E-state index in [1.165, 1.54) is 0 Å². The Morgan fingerprint density at radius 2 is 2.40 bits per heavy atom. The van der Waals surface area contributed by atoms with Gasteiger partial charge in [0, 0.05) is 5.25 Å². The molecule has 0 saturated heterocycles. The first-order chi connectivity index (χ1) is 4.68. The molecule has 0 bridgehead atoms. The van der Waals surface area contributed by atoms with Crippen LogP contribution < -0.4 is 5.73 Å². The third-order valence-electron chi connectivity index (χ3n) is 0.919. The molecular weight excluding hydrogens is 146 g/mol. The van der Waals surface area contributed by atoms with Crippen LogP contribution in [-0.2, 0) is 0 Å². The van der Waals surface area contributed by atoms with E-state index in [0.29, 0.717) is 11.1 Å². The van der Waals surface area contributed by atoms with Gasteiger partial charge in [0.2, 0.25) is 0 Å². The predicted octanol–water partition coefficient (Wildman–Crippen LogP) is 1.49. The molecule has 56 valence electrons. The number of H-pyrrole nitrogens is 1. The first-order valence-electron chi connectivity index (χ1n) is 3.15. The molecule has 0 aliphatic rings. The molecule has 0 aliphatic carbocycles. The van der Waals surface area contributed by atoms with Crippen molar-refractivity contribution >= 4 is 17.6 Å². The monoisotopic (exact) mass is 157 g/mol. The lowest BCUT2D eigenvalue weighted by Crippen LogP contribution is -1.87. The first-order valence-corrected chi connectivity index (χ1v) is 4.03. The number of nitrogens with zero attached hydrogens (tertiary/aromatic N) is 1. The molecule has 4 heteroatoms. The lowest BCUT2D eigenvalue weighted by molar-refractivity contribution is 1.03. The van der Waals surface area contributed by atoms with Crippen molar-refractivity contribution in [2.45, 2.75) is 24.3 Å². The summed E-state index contributed by atoms with van der Waals surface area (Å²) in [7, 11) is 0.